The number of halogens is 1. The van der Waals surface area contributed by atoms with Gasteiger partial charge in [0.25, 0.3) is 0 Å². The lowest BCUT2D eigenvalue weighted by Gasteiger charge is -2.08. The van der Waals surface area contributed by atoms with Gasteiger partial charge in [0.1, 0.15) is 5.82 Å². The van der Waals surface area contributed by atoms with Gasteiger partial charge in [0, 0.05) is 21.7 Å². The molecular weight excluding hydrogens is 323 g/mol. The van der Waals surface area contributed by atoms with Crippen molar-refractivity contribution in [1.82, 2.24) is 5.32 Å². The van der Waals surface area contributed by atoms with Gasteiger partial charge in [-0.25, -0.2) is 9.18 Å². The van der Waals surface area contributed by atoms with Gasteiger partial charge in [-0.3, -0.25) is 4.21 Å². The Balaban J connectivity index is 1.91. The summed E-state index contributed by atoms with van der Waals surface area (Å²) >= 11 is 1.65. The molecule has 2 aromatic rings. The van der Waals surface area contributed by atoms with Crippen molar-refractivity contribution in [2.45, 2.75) is 24.8 Å². The molecule has 22 heavy (non-hydrogen) atoms. The predicted octanol–water partition coefficient (Wildman–Crippen LogP) is 3.51. The van der Waals surface area contributed by atoms with Gasteiger partial charge in [0.15, 0.2) is 0 Å². The minimum Gasteiger partial charge on any atom is -0.333 e. The molecule has 1 aromatic heterocycles. The molecule has 4 nitrogen and oxygen atoms in total. The van der Waals surface area contributed by atoms with Gasteiger partial charge in [-0.15, -0.1) is 11.3 Å². The highest BCUT2D eigenvalue weighted by Gasteiger charge is 2.09. The third-order valence-corrected chi connectivity index (χ3v) is 5.17. The van der Waals surface area contributed by atoms with Crippen LogP contribution in [0.3, 0.4) is 0 Å². The molecule has 0 aliphatic rings. The maximum Gasteiger partial charge on any atom is 0.319 e. The molecule has 0 saturated heterocycles. The maximum atomic E-state index is 13.7. The van der Waals surface area contributed by atoms with E-state index in [1.807, 2.05) is 12.1 Å². The zero-order valence-corrected chi connectivity index (χ0v) is 13.9. The number of carbonyl (C=O) groups is 1. The van der Waals surface area contributed by atoms with Crippen molar-refractivity contribution >= 4 is 33.9 Å². The van der Waals surface area contributed by atoms with Crippen LogP contribution in [0.1, 0.15) is 16.7 Å². The Bertz CT molecular complexity index is 701. The minimum atomic E-state index is -1.39. The fraction of sp³-hybridized carbons (Fsp3) is 0.267. The molecule has 0 radical (unpaired) electrons. The van der Waals surface area contributed by atoms with Crippen molar-refractivity contribution in [2.75, 3.05) is 11.6 Å². The summed E-state index contributed by atoms with van der Waals surface area (Å²) in [6.07, 6.45) is 2.38. The van der Waals surface area contributed by atoms with Crippen molar-refractivity contribution in [3.63, 3.8) is 0 Å². The first-order valence-corrected chi connectivity index (χ1v) is 9.12. The van der Waals surface area contributed by atoms with Gasteiger partial charge in [-0.2, -0.15) is 0 Å². The molecular formula is C15H17FN2O2S2. The van der Waals surface area contributed by atoms with Crippen molar-refractivity contribution in [3.05, 3.63) is 45.9 Å². The largest absolute Gasteiger partial charge is 0.333 e. The van der Waals surface area contributed by atoms with Crippen LogP contribution >= 0.6 is 11.3 Å². The molecule has 1 atom stereocenters. The lowest BCUT2D eigenvalue weighted by Crippen LogP contribution is -2.27. The van der Waals surface area contributed by atoms with Crippen LogP contribution in [0.15, 0.2) is 35.2 Å². The number of aryl methyl sites for hydroxylation is 1. The van der Waals surface area contributed by atoms with E-state index in [1.54, 1.807) is 11.3 Å². The van der Waals surface area contributed by atoms with E-state index in [4.69, 9.17) is 0 Å². The molecule has 0 aliphatic heterocycles. The summed E-state index contributed by atoms with van der Waals surface area (Å²) in [6, 6.07) is 7.72. The van der Waals surface area contributed by atoms with Crippen molar-refractivity contribution in [2.24, 2.45) is 0 Å². The van der Waals surface area contributed by atoms with E-state index in [0.717, 1.165) is 17.4 Å². The third-order valence-electron chi connectivity index (χ3n) is 2.99. The number of hydrogen-bond donors (Lipinski definition) is 2. The monoisotopic (exact) mass is 340 g/mol. The normalized spacial score (nSPS) is 12.0. The quantitative estimate of drug-likeness (QED) is 0.875. The van der Waals surface area contributed by atoms with Crippen LogP contribution in [-0.4, -0.2) is 16.5 Å². The average molecular weight is 340 g/mol. The van der Waals surface area contributed by atoms with Crippen molar-refractivity contribution in [1.29, 1.82) is 0 Å². The van der Waals surface area contributed by atoms with Gasteiger partial charge in [0.2, 0.25) is 0 Å². The van der Waals surface area contributed by atoms with Gasteiger partial charge >= 0.3 is 6.03 Å². The second-order valence-corrected chi connectivity index (χ2v) is 7.23. The summed E-state index contributed by atoms with van der Waals surface area (Å²) < 4.78 is 24.9. The molecule has 2 rings (SSSR count). The van der Waals surface area contributed by atoms with Crippen LogP contribution in [0.2, 0.25) is 0 Å². The lowest BCUT2D eigenvalue weighted by atomic mass is 10.3. The van der Waals surface area contributed by atoms with E-state index in [0.29, 0.717) is 12.2 Å². The zero-order chi connectivity index (χ0) is 16.1. The number of thiophene rings is 1. The molecule has 7 heteroatoms. The number of anilines is 1. The number of hydrogen-bond acceptors (Lipinski definition) is 3. The first kappa shape index (κ1) is 16.6. The summed E-state index contributed by atoms with van der Waals surface area (Å²) in [6.45, 7) is 2.51. The van der Waals surface area contributed by atoms with Crippen LogP contribution in [0.5, 0.6) is 0 Å². The van der Waals surface area contributed by atoms with Crippen molar-refractivity contribution < 1.29 is 13.4 Å². The number of urea groups is 1. The molecule has 2 amide bonds. The highest BCUT2D eigenvalue weighted by molar-refractivity contribution is 7.84. The highest BCUT2D eigenvalue weighted by atomic mass is 32.2. The van der Waals surface area contributed by atoms with E-state index >= 15 is 0 Å². The van der Waals surface area contributed by atoms with Crippen molar-refractivity contribution in [3.8, 4) is 0 Å². The van der Waals surface area contributed by atoms with Crippen LogP contribution in [0.4, 0.5) is 14.9 Å². The first-order valence-electron chi connectivity index (χ1n) is 6.75. The molecule has 0 fully saturated rings. The Morgan fingerprint density at radius 1 is 1.27 bits per heavy atom. The second kappa shape index (κ2) is 7.51. The first-order chi connectivity index (χ1) is 10.5. The lowest BCUT2D eigenvalue weighted by molar-refractivity contribution is 0.252. The van der Waals surface area contributed by atoms with Gasteiger partial charge in [-0.1, -0.05) is 6.92 Å². The summed E-state index contributed by atoms with van der Waals surface area (Å²) in [7, 11) is -1.39. The molecule has 0 unspecified atom stereocenters. The van der Waals surface area contributed by atoms with E-state index in [1.165, 1.54) is 23.3 Å². The van der Waals surface area contributed by atoms with E-state index in [-0.39, 0.29) is 4.90 Å². The molecule has 118 valence electrons. The molecule has 1 heterocycles. The maximum absolute atomic E-state index is 13.7. The van der Waals surface area contributed by atoms with Crippen LogP contribution in [0, 0.1) is 5.82 Å². The molecule has 1 aromatic carbocycles. The topological polar surface area (TPSA) is 58.2 Å². The molecule has 0 bridgehead atoms. The Morgan fingerprint density at radius 3 is 2.59 bits per heavy atom. The summed E-state index contributed by atoms with van der Waals surface area (Å²) in [5.41, 5.74) is 0.324. The Kier molecular flexibility index (Phi) is 5.68. The molecule has 2 N–H and O–H groups in total. The molecule has 0 saturated carbocycles. The van der Waals surface area contributed by atoms with E-state index in [2.05, 4.69) is 17.6 Å². The second-order valence-electron chi connectivity index (χ2n) is 4.63. The van der Waals surface area contributed by atoms with Gasteiger partial charge in [-0.05, 0) is 36.8 Å². The average Bonchev–Trinajstić information content (AvgIpc) is 2.93. The smallest absolute Gasteiger partial charge is 0.319 e. The zero-order valence-electron chi connectivity index (χ0n) is 12.3. The van der Waals surface area contributed by atoms with Crippen LogP contribution in [0.25, 0.3) is 0 Å². The Labute approximate surface area is 135 Å². The minimum absolute atomic E-state index is 0.122. The SMILES string of the molecule is CCc1ccc(CNC(=O)Nc2ccc([S@@](C)=O)c(F)c2)s1. The fourth-order valence-corrected chi connectivity index (χ4v) is 3.35. The highest BCUT2D eigenvalue weighted by Crippen LogP contribution is 2.18. The number of amides is 2. The number of rotatable bonds is 5. The number of carbonyl (C=O) groups excluding carboxylic acids is 1. The summed E-state index contributed by atoms with van der Waals surface area (Å²) in [5, 5.41) is 5.28. The Hall–Kier alpha value is -1.73. The fourth-order valence-electron chi connectivity index (χ4n) is 1.86. The Morgan fingerprint density at radius 2 is 2.00 bits per heavy atom. The third kappa shape index (κ3) is 4.38. The summed E-state index contributed by atoms with van der Waals surface area (Å²) in [5.74, 6) is -0.593. The number of benzene rings is 1. The standard InChI is InChI=1S/C15H17FN2O2S2/c1-3-11-5-6-12(21-11)9-17-15(19)18-10-4-7-14(22(2)20)13(16)8-10/h4-8H,3,9H2,1-2H3,(H2,17,18,19)/t22-/m1/s1. The van der Waals surface area contributed by atoms with E-state index in [9.17, 15) is 13.4 Å². The summed E-state index contributed by atoms with van der Waals surface area (Å²) in [4.78, 5) is 14.2. The van der Waals surface area contributed by atoms with Gasteiger partial charge in [0.05, 0.1) is 22.2 Å². The molecule has 0 spiro atoms. The number of nitrogens with one attached hydrogen (secondary N) is 2. The van der Waals surface area contributed by atoms with Crippen LogP contribution < -0.4 is 10.6 Å². The van der Waals surface area contributed by atoms with E-state index < -0.39 is 22.6 Å². The molecule has 0 aliphatic carbocycles. The van der Waals surface area contributed by atoms with Crippen LogP contribution in [-0.2, 0) is 23.8 Å². The van der Waals surface area contributed by atoms with Gasteiger partial charge < -0.3 is 10.6 Å². The predicted molar refractivity (Wildman–Crippen MR) is 88.3 cm³/mol.